The molecule has 11 heteroatoms. The molecule has 1 saturated heterocycles. The third-order valence-corrected chi connectivity index (χ3v) is 10.9. The summed E-state index contributed by atoms with van der Waals surface area (Å²) in [6.45, 7) is 4.18. The zero-order valence-electron chi connectivity index (χ0n) is 35.4. The molecule has 0 bridgehead atoms. The summed E-state index contributed by atoms with van der Waals surface area (Å²) in [6, 6.07) is 0. The summed E-state index contributed by atoms with van der Waals surface area (Å²) in [4.78, 5) is 37.5. The lowest BCUT2D eigenvalue weighted by Gasteiger charge is -2.28. The van der Waals surface area contributed by atoms with Crippen molar-refractivity contribution in [3.05, 3.63) is 12.2 Å². The third-order valence-electron chi connectivity index (χ3n) is 9.96. The van der Waals surface area contributed by atoms with E-state index in [4.69, 9.17) is 23.3 Å². The van der Waals surface area contributed by atoms with E-state index in [1.165, 1.54) is 89.9 Å². The average molecular weight is 788 g/mol. The fourth-order valence-electron chi connectivity index (χ4n) is 6.37. The van der Waals surface area contributed by atoms with E-state index in [0.29, 0.717) is 29.7 Å². The number of unbranched alkanes of at least 4 members (excludes halogenated alkanes) is 20. The quantitative estimate of drug-likeness (QED) is 0.0149. The molecule has 0 saturated carbocycles. The molecule has 1 aliphatic rings. The Kier molecular flexibility index (Phi) is 30.8. The molecule has 1 aliphatic heterocycles. The lowest BCUT2D eigenvalue weighted by atomic mass is 10.0. The highest BCUT2D eigenvalue weighted by atomic mass is 31.2. The fraction of sp³-hybridized carbons (Fsp3) is 0.907. The minimum Gasteiger partial charge on any atom is -0.756 e. The van der Waals surface area contributed by atoms with E-state index in [2.05, 4.69) is 26.0 Å². The van der Waals surface area contributed by atoms with Crippen molar-refractivity contribution >= 4 is 19.8 Å². The van der Waals surface area contributed by atoms with Crippen molar-refractivity contribution in [1.82, 2.24) is 0 Å². The first-order chi connectivity index (χ1) is 26.0. The number of carbonyl (C=O) groups excluding carboxylic acids is 2. The molecule has 0 radical (unpaired) electrons. The van der Waals surface area contributed by atoms with Crippen molar-refractivity contribution in [3.8, 4) is 0 Å². The SMILES string of the molecule is CCCCC/C=C\CC1OC1CCCCCCCC(=O)O[C@H](COC(=O)CCCCCCCCCCCCCCCC)COP(=O)([O-])OCC[N+](C)(C)C. The summed E-state index contributed by atoms with van der Waals surface area (Å²) in [5.74, 6) is -0.850. The maximum absolute atomic E-state index is 12.7. The number of phosphoric ester groups is 1. The zero-order valence-corrected chi connectivity index (χ0v) is 36.3. The Bertz CT molecular complexity index is 1000. The lowest BCUT2D eigenvalue weighted by Crippen LogP contribution is -2.37. The molecule has 3 unspecified atom stereocenters. The van der Waals surface area contributed by atoms with Crippen molar-refractivity contribution in [2.45, 2.75) is 206 Å². The Morgan fingerprint density at radius 1 is 0.667 bits per heavy atom. The molecule has 4 atom stereocenters. The van der Waals surface area contributed by atoms with Crippen molar-refractivity contribution < 1.29 is 46.8 Å². The number of esters is 2. The first-order valence-corrected chi connectivity index (χ1v) is 23.5. The van der Waals surface area contributed by atoms with E-state index in [9.17, 15) is 19.0 Å². The monoisotopic (exact) mass is 788 g/mol. The van der Waals surface area contributed by atoms with Gasteiger partial charge in [-0.3, -0.25) is 14.2 Å². The third kappa shape index (κ3) is 32.9. The van der Waals surface area contributed by atoms with Crippen LogP contribution in [0.2, 0.25) is 0 Å². The van der Waals surface area contributed by atoms with E-state index >= 15 is 0 Å². The van der Waals surface area contributed by atoms with Crippen LogP contribution in [0.25, 0.3) is 0 Å². The minimum absolute atomic E-state index is 0.0340. The van der Waals surface area contributed by atoms with Crippen molar-refractivity contribution in [3.63, 3.8) is 0 Å². The van der Waals surface area contributed by atoms with Crippen molar-refractivity contribution in [2.75, 3.05) is 47.5 Å². The van der Waals surface area contributed by atoms with E-state index in [1.807, 2.05) is 21.1 Å². The normalized spacial score (nSPS) is 17.4. The summed E-state index contributed by atoms with van der Waals surface area (Å²) in [5.41, 5.74) is 0. The van der Waals surface area contributed by atoms with Gasteiger partial charge in [-0.05, 0) is 38.5 Å². The predicted octanol–water partition coefficient (Wildman–Crippen LogP) is 10.5. The second-order valence-corrected chi connectivity index (χ2v) is 17.9. The van der Waals surface area contributed by atoms with Gasteiger partial charge in [0.25, 0.3) is 7.82 Å². The molecular formula is C43H82NO9P. The van der Waals surface area contributed by atoms with E-state index in [1.54, 1.807) is 0 Å². The standard InChI is InChI=1S/C43H82NO9P/c1-6-8-10-12-14-15-16-17-18-19-20-21-25-29-33-42(45)49-37-39(38-51-54(47,48)50-36-35-44(3,4)5)52-43(46)34-30-26-22-24-28-32-41-40(53-41)31-27-23-13-11-9-7-2/h23,27,39-41H,6-22,24-26,28-38H2,1-5H3/b27-23-/t39-,40?,41?/m1/s1. The van der Waals surface area contributed by atoms with E-state index in [-0.39, 0.29) is 32.0 Å². The van der Waals surface area contributed by atoms with E-state index in [0.717, 1.165) is 64.2 Å². The molecule has 0 N–H and O–H groups in total. The Labute approximate surface area is 331 Å². The van der Waals surface area contributed by atoms with Gasteiger partial charge in [0.2, 0.25) is 0 Å². The lowest BCUT2D eigenvalue weighted by molar-refractivity contribution is -0.870. The number of epoxide rings is 1. The van der Waals surface area contributed by atoms with Crippen LogP contribution in [0.4, 0.5) is 0 Å². The maximum atomic E-state index is 12.7. The van der Waals surface area contributed by atoms with Crippen LogP contribution in [0.5, 0.6) is 0 Å². The van der Waals surface area contributed by atoms with Gasteiger partial charge in [0.05, 0.1) is 40.0 Å². The largest absolute Gasteiger partial charge is 0.756 e. The van der Waals surface area contributed by atoms with Crippen LogP contribution in [0.15, 0.2) is 12.2 Å². The Morgan fingerprint density at radius 2 is 1.19 bits per heavy atom. The van der Waals surface area contributed by atoms with Gasteiger partial charge in [-0.25, -0.2) is 0 Å². The number of nitrogens with zero attached hydrogens (tertiary/aromatic N) is 1. The zero-order chi connectivity index (χ0) is 39.8. The number of quaternary nitrogens is 1. The topological polar surface area (TPSA) is 124 Å². The summed E-state index contributed by atoms with van der Waals surface area (Å²) >= 11 is 0. The van der Waals surface area contributed by atoms with Crippen LogP contribution in [0, 0.1) is 0 Å². The molecule has 1 fully saturated rings. The molecule has 0 aromatic heterocycles. The van der Waals surface area contributed by atoms with Gasteiger partial charge in [0, 0.05) is 12.8 Å². The van der Waals surface area contributed by atoms with Crippen LogP contribution in [-0.2, 0) is 37.4 Å². The van der Waals surface area contributed by atoms with Crippen LogP contribution in [-0.4, -0.2) is 82.2 Å². The van der Waals surface area contributed by atoms with E-state index < -0.39 is 26.5 Å². The first-order valence-electron chi connectivity index (χ1n) is 22.0. The average Bonchev–Trinajstić information content (AvgIpc) is 3.87. The van der Waals surface area contributed by atoms with Gasteiger partial charge in [-0.1, -0.05) is 148 Å². The summed E-state index contributed by atoms with van der Waals surface area (Å²) < 4.78 is 39.7. The van der Waals surface area contributed by atoms with Gasteiger partial charge in [0.1, 0.15) is 19.8 Å². The number of rotatable bonds is 39. The Balaban J connectivity index is 2.28. The van der Waals surface area contributed by atoms with Gasteiger partial charge in [-0.2, -0.15) is 0 Å². The molecule has 0 spiro atoms. The molecule has 10 nitrogen and oxygen atoms in total. The Hall–Kier alpha value is -1.29. The summed E-state index contributed by atoms with van der Waals surface area (Å²) in [7, 11) is 1.15. The smallest absolute Gasteiger partial charge is 0.306 e. The molecule has 318 valence electrons. The van der Waals surface area contributed by atoms with Crippen molar-refractivity contribution in [1.29, 1.82) is 0 Å². The van der Waals surface area contributed by atoms with Crippen LogP contribution in [0.1, 0.15) is 187 Å². The highest BCUT2D eigenvalue weighted by molar-refractivity contribution is 7.45. The molecule has 0 aliphatic carbocycles. The van der Waals surface area contributed by atoms with Gasteiger partial charge >= 0.3 is 11.9 Å². The number of hydrogen-bond donors (Lipinski definition) is 0. The van der Waals surface area contributed by atoms with Gasteiger partial charge < -0.3 is 32.6 Å². The molecule has 1 heterocycles. The first kappa shape index (κ1) is 50.7. The second-order valence-electron chi connectivity index (χ2n) is 16.5. The molecule has 1 rings (SSSR count). The maximum Gasteiger partial charge on any atom is 0.306 e. The van der Waals surface area contributed by atoms with Crippen LogP contribution >= 0.6 is 7.82 Å². The van der Waals surface area contributed by atoms with Crippen molar-refractivity contribution in [2.24, 2.45) is 0 Å². The number of ether oxygens (including phenoxy) is 3. The number of phosphoric acid groups is 1. The summed E-state index contributed by atoms with van der Waals surface area (Å²) in [6.07, 6.45) is 33.9. The fourth-order valence-corrected chi connectivity index (χ4v) is 7.10. The number of likely N-dealkylation sites (N-methyl/N-ethyl adjacent to an activating group) is 1. The highest BCUT2D eigenvalue weighted by Gasteiger charge is 2.36. The Morgan fingerprint density at radius 3 is 1.76 bits per heavy atom. The van der Waals surface area contributed by atoms with Gasteiger partial charge in [-0.15, -0.1) is 0 Å². The summed E-state index contributed by atoms with van der Waals surface area (Å²) in [5, 5.41) is 0. The van der Waals surface area contributed by atoms with Gasteiger partial charge in [0.15, 0.2) is 6.10 Å². The molecule has 0 aromatic rings. The highest BCUT2D eigenvalue weighted by Crippen LogP contribution is 2.38. The predicted molar refractivity (Wildman–Crippen MR) is 217 cm³/mol. The molecule has 0 aromatic carbocycles. The molecule has 54 heavy (non-hydrogen) atoms. The minimum atomic E-state index is -4.63. The molecule has 0 amide bonds. The number of carbonyl (C=O) groups is 2. The number of allylic oxidation sites excluding steroid dienone is 1. The second kappa shape index (κ2) is 32.8. The van der Waals surface area contributed by atoms with Crippen LogP contribution in [0.3, 0.4) is 0 Å². The number of hydrogen-bond acceptors (Lipinski definition) is 9. The molecular weight excluding hydrogens is 705 g/mol. The van der Waals surface area contributed by atoms with Crippen LogP contribution < -0.4 is 4.89 Å².